The summed E-state index contributed by atoms with van der Waals surface area (Å²) in [6, 6.07) is 3.10. The van der Waals surface area contributed by atoms with E-state index in [0.717, 1.165) is 30.7 Å². The molecule has 1 aromatic carbocycles. The van der Waals surface area contributed by atoms with Crippen molar-refractivity contribution in [2.45, 2.75) is 52.0 Å². The van der Waals surface area contributed by atoms with Crippen LogP contribution < -0.4 is 10.1 Å². The van der Waals surface area contributed by atoms with Crippen LogP contribution in [0.2, 0.25) is 5.02 Å². The molecule has 1 spiro atoms. The Labute approximate surface area is 198 Å². The summed E-state index contributed by atoms with van der Waals surface area (Å²) in [7, 11) is 1.51. The fourth-order valence-corrected chi connectivity index (χ4v) is 5.30. The lowest BCUT2D eigenvalue weighted by Gasteiger charge is -2.36. The number of amides is 1. The molecule has 1 aromatic heterocycles. The molecule has 8 nitrogen and oxygen atoms in total. The van der Waals surface area contributed by atoms with Crippen molar-refractivity contribution in [3.05, 3.63) is 45.2 Å². The summed E-state index contributed by atoms with van der Waals surface area (Å²) in [6.07, 6.45) is 4.34. The van der Waals surface area contributed by atoms with Crippen LogP contribution in [0.5, 0.6) is 5.75 Å². The van der Waals surface area contributed by atoms with Gasteiger partial charge >= 0.3 is 5.97 Å². The molecule has 0 atom stereocenters. The molecule has 33 heavy (non-hydrogen) atoms. The number of halogens is 1. The molecule has 0 radical (unpaired) electrons. The highest BCUT2D eigenvalue weighted by Gasteiger charge is 2.39. The number of aryl methyl sites for hydroxylation is 2. The Morgan fingerprint density at radius 1 is 1.36 bits per heavy atom. The minimum absolute atomic E-state index is 0.0193. The van der Waals surface area contributed by atoms with Gasteiger partial charge in [0.15, 0.2) is 0 Å². The molecule has 0 saturated carbocycles. The summed E-state index contributed by atoms with van der Waals surface area (Å²) in [5.74, 6) is -0.620. The number of benzene rings is 1. The number of fused-ring (bicyclic) bond motifs is 1. The third kappa shape index (κ3) is 4.59. The summed E-state index contributed by atoms with van der Waals surface area (Å²) in [4.78, 5) is 24.7. The monoisotopic (exact) mass is 475 g/mol. The van der Waals surface area contributed by atoms with Gasteiger partial charge in [-0.3, -0.25) is 9.48 Å². The van der Waals surface area contributed by atoms with Crippen molar-refractivity contribution in [2.75, 3.05) is 26.9 Å². The third-order valence-corrected chi connectivity index (χ3v) is 7.28. The second-order valence-electron chi connectivity index (χ2n) is 8.83. The Kier molecular flexibility index (Phi) is 6.95. The fraction of sp³-hybridized carbons (Fsp3) is 0.542. The molecular weight excluding hydrogens is 446 g/mol. The van der Waals surface area contributed by atoms with Crippen LogP contribution >= 0.6 is 11.6 Å². The first kappa shape index (κ1) is 23.6. The van der Waals surface area contributed by atoms with Gasteiger partial charge in [-0.05, 0) is 61.6 Å². The zero-order valence-corrected chi connectivity index (χ0v) is 19.8. The molecule has 2 aliphatic rings. The molecule has 0 unspecified atom stereocenters. The van der Waals surface area contributed by atoms with Crippen LogP contribution in [0.25, 0.3) is 0 Å². The average Bonchev–Trinajstić information content (AvgIpc) is 3.08. The SMILES string of the molecule is CCc1nn(CCCc2c(C(=O)O)ccc(OC)c2Cl)c2c1C(=O)NCC1(CCOCC1)C2. The lowest BCUT2D eigenvalue weighted by molar-refractivity contribution is 0.0152. The van der Waals surface area contributed by atoms with Crippen LogP contribution in [0.1, 0.15) is 63.9 Å². The normalized spacial score (nSPS) is 17.4. The van der Waals surface area contributed by atoms with Crippen LogP contribution in [0.3, 0.4) is 0 Å². The molecular formula is C24H30ClN3O5. The number of hydrogen-bond donors (Lipinski definition) is 2. The van der Waals surface area contributed by atoms with Gasteiger partial charge in [0, 0.05) is 26.3 Å². The molecule has 4 rings (SSSR count). The maximum absolute atomic E-state index is 13.0. The Bertz CT molecular complexity index is 1060. The largest absolute Gasteiger partial charge is 0.495 e. The maximum Gasteiger partial charge on any atom is 0.336 e. The molecule has 1 saturated heterocycles. The first-order valence-corrected chi connectivity index (χ1v) is 11.8. The predicted molar refractivity (Wildman–Crippen MR) is 123 cm³/mol. The van der Waals surface area contributed by atoms with Crippen molar-refractivity contribution in [3.63, 3.8) is 0 Å². The van der Waals surface area contributed by atoms with Gasteiger partial charge in [0.1, 0.15) is 5.75 Å². The van der Waals surface area contributed by atoms with E-state index in [0.29, 0.717) is 67.5 Å². The Hall–Kier alpha value is -2.58. The number of aromatic nitrogens is 2. The quantitative estimate of drug-likeness (QED) is 0.635. The summed E-state index contributed by atoms with van der Waals surface area (Å²) < 4.78 is 12.8. The first-order valence-electron chi connectivity index (χ1n) is 11.4. The molecule has 0 aliphatic carbocycles. The second kappa shape index (κ2) is 9.73. The van der Waals surface area contributed by atoms with E-state index >= 15 is 0 Å². The molecule has 9 heteroatoms. The van der Waals surface area contributed by atoms with Gasteiger partial charge < -0.3 is 19.9 Å². The number of nitrogens with one attached hydrogen (secondary N) is 1. The minimum Gasteiger partial charge on any atom is -0.495 e. The van der Waals surface area contributed by atoms with Crippen molar-refractivity contribution in [2.24, 2.45) is 5.41 Å². The summed E-state index contributed by atoms with van der Waals surface area (Å²) in [5.41, 5.74) is 3.18. The standard InChI is InChI=1S/C24H30ClN3O5/c1-3-17-20-18(13-24(14-26-22(20)29)8-11-33-12-9-24)28(27-17)10-4-5-15-16(23(30)31)6-7-19(32-2)21(15)25/h6-7H,3-5,8-14H2,1-2H3,(H,26,29)(H,30,31). The van der Waals surface area contributed by atoms with Crippen LogP contribution in [0, 0.1) is 5.41 Å². The van der Waals surface area contributed by atoms with Gasteiger partial charge in [0.2, 0.25) is 0 Å². The van der Waals surface area contributed by atoms with Crippen molar-refractivity contribution in [1.29, 1.82) is 0 Å². The van der Waals surface area contributed by atoms with Gasteiger partial charge in [-0.25, -0.2) is 4.79 Å². The lowest BCUT2D eigenvalue weighted by atomic mass is 9.76. The predicted octanol–water partition coefficient (Wildman–Crippen LogP) is 3.52. The number of carbonyl (C=O) groups is 2. The first-order chi connectivity index (χ1) is 15.9. The van der Waals surface area contributed by atoms with Crippen molar-refractivity contribution in [3.8, 4) is 5.75 Å². The molecule has 3 heterocycles. The number of carbonyl (C=O) groups excluding carboxylic acids is 1. The second-order valence-corrected chi connectivity index (χ2v) is 9.21. The molecule has 0 bridgehead atoms. The molecule has 1 amide bonds. The van der Waals surface area contributed by atoms with Gasteiger partial charge in [-0.2, -0.15) is 5.10 Å². The van der Waals surface area contributed by atoms with Crippen molar-refractivity contribution in [1.82, 2.24) is 15.1 Å². The van der Waals surface area contributed by atoms with Gasteiger partial charge in [-0.1, -0.05) is 18.5 Å². The highest BCUT2D eigenvalue weighted by atomic mass is 35.5. The van der Waals surface area contributed by atoms with Gasteiger partial charge in [0.05, 0.1) is 34.6 Å². The van der Waals surface area contributed by atoms with Gasteiger partial charge in [-0.15, -0.1) is 0 Å². The zero-order chi connectivity index (χ0) is 23.6. The number of carboxylic acid groups (broad SMARTS) is 1. The number of hydrogen-bond acceptors (Lipinski definition) is 5. The van der Waals surface area contributed by atoms with E-state index in [1.807, 2.05) is 11.6 Å². The van der Waals surface area contributed by atoms with E-state index < -0.39 is 5.97 Å². The summed E-state index contributed by atoms with van der Waals surface area (Å²) in [6.45, 7) is 4.62. The van der Waals surface area contributed by atoms with Crippen LogP contribution in [0.4, 0.5) is 0 Å². The minimum atomic E-state index is -1.02. The molecule has 2 N–H and O–H groups in total. The van der Waals surface area contributed by atoms with Crippen LogP contribution in [0.15, 0.2) is 12.1 Å². The zero-order valence-electron chi connectivity index (χ0n) is 19.1. The highest BCUT2D eigenvalue weighted by Crippen LogP contribution is 2.37. The van der Waals surface area contributed by atoms with Crippen molar-refractivity contribution >= 4 is 23.5 Å². The van der Waals surface area contributed by atoms with E-state index in [2.05, 4.69) is 5.32 Å². The Morgan fingerprint density at radius 2 is 2.12 bits per heavy atom. The van der Waals surface area contributed by atoms with Crippen LogP contribution in [-0.2, 0) is 30.5 Å². The molecule has 178 valence electrons. The van der Waals surface area contributed by atoms with E-state index in [-0.39, 0.29) is 16.9 Å². The third-order valence-electron chi connectivity index (χ3n) is 6.87. The smallest absolute Gasteiger partial charge is 0.336 e. The van der Waals surface area contributed by atoms with E-state index in [1.54, 1.807) is 6.07 Å². The summed E-state index contributed by atoms with van der Waals surface area (Å²) >= 11 is 6.44. The number of ether oxygens (including phenoxy) is 2. The number of nitrogens with zero attached hydrogens (tertiary/aromatic N) is 2. The number of rotatable bonds is 7. The van der Waals surface area contributed by atoms with Crippen LogP contribution in [-0.4, -0.2) is 53.6 Å². The van der Waals surface area contributed by atoms with Crippen molar-refractivity contribution < 1.29 is 24.2 Å². The molecule has 2 aliphatic heterocycles. The topological polar surface area (TPSA) is 103 Å². The highest BCUT2D eigenvalue weighted by molar-refractivity contribution is 6.33. The fourth-order valence-electron chi connectivity index (χ4n) is 4.97. The number of carboxylic acids is 1. The molecule has 2 aromatic rings. The van der Waals surface area contributed by atoms with E-state index in [9.17, 15) is 14.7 Å². The number of methoxy groups -OCH3 is 1. The molecule has 1 fully saturated rings. The summed E-state index contributed by atoms with van der Waals surface area (Å²) in [5, 5.41) is 17.8. The van der Waals surface area contributed by atoms with Gasteiger partial charge in [0.25, 0.3) is 5.91 Å². The maximum atomic E-state index is 13.0. The lowest BCUT2D eigenvalue weighted by Crippen LogP contribution is -2.40. The van der Waals surface area contributed by atoms with E-state index in [1.165, 1.54) is 13.2 Å². The number of aromatic carboxylic acids is 1. The Balaban J connectivity index is 1.61. The van der Waals surface area contributed by atoms with E-state index in [4.69, 9.17) is 26.2 Å². The average molecular weight is 476 g/mol. The Morgan fingerprint density at radius 3 is 2.79 bits per heavy atom.